The van der Waals surface area contributed by atoms with E-state index in [0.717, 1.165) is 48.6 Å². The normalized spacial score (nSPS) is 16.0. The van der Waals surface area contributed by atoms with Crippen LogP contribution in [0.3, 0.4) is 0 Å². The molecule has 1 aromatic carbocycles. The molecule has 1 aliphatic carbocycles. The van der Waals surface area contributed by atoms with E-state index in [0.29, 0.717) is 5.13 Å². The Hall–Kier alpha value is -2.11. The number of hydrogen-bond acceptors (Lipinski definition) is 7. The number of aryl methyl sites for hydroxylation is 2. The third-order valence-corrected chi connectivity index (χ3v) is 7.01. The van der Waals surface area contributed by atoms with E-state index in [1.807, 2.05) is 6.07 Å². The van der Waals surface area contributed by atoms with Crippen molar-refractivity contribution in [1.29, 1.82) is 5.26 Å². The molecule has 8 heteroatoms. The second-order valence-electron chi connectivity index (χ2n) is 7.24. The molecule has 1 saturated carbocycles. The molecular formula is C20H25N5OS2. The smallest absolute Gasteiger partial charge is 0.231 e. The summed E-state index contributed by atoms with van der Waals surface area (Å²) in [5, 5.41) is 24.8. The van der Waals surface area contributed by atoms with E-state index in [4.69, 9.17) is 0 Å². The summed E-state index contributed by atoms with van der Waals surface area (Å²) in [5.41, 5.74) is 2.73. The summed E-state index contributed by atoms with van der Waals surface area (Å²) < 4.78 is 0.730. The zero-order valence-corrected chi connectivity index (χ0v) is 17.9. The molecule has 1 aliphatic rings. The summed E-state index contributed by atoms with van der Waals surface area (Å²) in [5.74, 6) is 0.120. The third kappa shape index (κ3) is 5.46. The van der Waals surface area contributed by atoms with Gasteiger partial charge in [-0.2, -0.15) is 5.26 Å². The van der Waals surface area contributed by atoms with E-state index in [1.165, 1.54) is 34.2 Å². The van der Waals surface area contributed by atoms with Crippen molar-refractivity contribution in [3.63, 3.8) is 0 Å². The Bertz CT molecular complexity index is 866. The second kappa shape index (κ2) is 9.39. The molecule has 28 heavy (non-hydrogen) atoms. The summed E-state index contributed by atoms with van der Waals surface area (Å²) in [6, 6.07) is 8.50. The maximum absolute atomic E-state index is 12.4. The standard InChI is InChI=1S/C20H25N5OS2/c1-14-7-8-16(11-15(14)2)22-18-24-25-19(28-18)27-12-17(26)23-20(13-21)9-5-3-4-6-10-20/h7-8,11H,3-6,9-10,12H2,1-2H3,(H,22,24)(H,23,26). The predicted octanol–water partition coefficient (Wildman–Crippen LogP) is 4.72. The highest BCUT2D eigenvalue weighted by molar-refractivity contribution is 8.01. The molecule has 1 heterocycles. The molecule has 2 aromatic rings. The third-order valence-electron chi connectivity index (χ3n) is 5.04. The Morgan fingerprint density at radius 3 is 2.64 bits per heavy atom. The van der Waals surface area contributed by atoms with Crippen molar-refractivity contribution < 1.29 is 4.79 Å². The van der Waals surface area contributed by atoms with Crippen LogP contribution in [0.15, 0.2) is 22.5 Å². The van der Waals surface area contributed by atoms with Gasteiger partial charge in [0.15, 0.2) is 4.34 Å². The Balaban J connectivity index is 1.53. The highest BCUT2D eigenvalue weighted by atomic mass is 32.2. The molecule has 0 saturated heterocycles. The van der Waals surface area contributed by atoms with Crippen LogP contribution in [-0.2, 0) is 4.79 Å². The summed E-state index contributed by atoms with van der Waals surface area (Å²) in [7, 11) is 0. The van der Waals surface area contributed by atoms with Gasteiger partial charge in [-0.15, -0.1) is 10.2 Å². The molecule has 3 rings (SSSR count). The minimum Gasteiger partial charge on any atom is -0.337 e. The second-order valence-corrected chi connectivity index (χ2v) is 9.44. The molecule has 0 spiro atoms. The largest absolute Gasteiger partial charge is 0.337 e. The number of amides is 1. The number of thioether (sulfide) groups is 1. The van der Waals surface area contributed by atoms with Crippen LogP contribution in [0.2, 0.25) is 0 Å². The highest BCUT2D eigenvalue weighted by Gasteiger charge is 2.32. The monoisotopic (exact) mass is 415 g/mol. The molecule has 2 N–H and O–H groups in total. The molecule has 148 valence electrons. The van der Waals surface area contributed by atoms with Crippen LogP contribution >= 0.6 is 23.1 Å². The summed E-state index contributed by atoms with van der Waals surface area (Å²) >= 11 is 2.77. The van der Waals surface area contributed by atoms with Crippen molar-refractivity contribution in [2.24, 2.45) is 0 Å². The molecule has 6 nitrogen and oxygen atoms in total. The van der Waals surface area contributed by atoms with Crippen LogP contribution in [-0.4, -0.2) is 27.4 Å². The van der Waals surface area contributed by atoms with E-state index in [1.54, 1.807) is 0 Å². The van der Waals surface area contributed by atoms with Gasteiger partial charge in [-0.3, -0.25) is 4.79 Å². The summed E-state index contributed by atoms with van der Waals surface area (Å²) in [4.78, 5) is 12.4. The lowest BCUT2D eigenvalue weighted by Gasteiger charge is -2.26. The lowest BCUT2D eigenvalue weighted by molar-refractivity contribution is -0.120. The van der Waals surface area contributed by atoms with Crippen LogP contribution < -0.4 is 10.6 Å². The zero-order chi connectivity index (χ0) is 20.0. The van der Waals surface area contributed by atoms with Gasteiger partial charge in [0.1, 0.15) is 5.54 Å². The number of aromatic nitrogens is 2. The Morgan fingerprint density at radius 2 is 1.96 bits per heavy atom. The molecule has 1 amide bonds. The first kappa shape index (κ1) is 20.6. The SMILES string of the molecule is Cc1ccc(Nc2nnc(SCC(=O)NC3(C#N)CCCCCC3)s2)cc1C. The average molecular weight is 416 g/mol. The topological polar surface area (TPSA) is 90.7 Å². The fraction of sp³-hybridized carbons (Fsp3) is 0.500. The van der Waals surface area contributed by atoms with Crippen molar-refractivity contribution in [3.05, 3.63) is 29.3 Å². The number of nitriles is 1. The number of nitrogens with zero attached hydrogens (tertiary/aromatic N) is 3. The van der Waals surface area contributed by atoms with E-state index >= 15 is 0 Å². The molecule has 0 bridgehead atoms. The highest BCUT2D eigenvalue weighted by Crippen LogP contribution is 2.29. The minimum atomic E-state index is -0.703. The van der Waals surface area contributed by atoms with Gasteiger partial charge in [-0.1, -0.05) is 54.8 Å². The summed E-state index contributed by atoms with van der Waals surface area (Å²) in [6.07, 6.45) is 5.73. The van der Waals surface area contributed by atoms with Crippen LogP contribution in [0.4, 0.5) is 10.8 Å². The Labute approximate surface area is 174 Å². The van der Waals surface area contributed by atoms with E-state index in [2.05, 4.69) is 52.9 Å². The van der Waals surface area contributed by atoms with Gasteiger partial charge >= 0.3 is 0 Å². The van der Waals surface area contributed by atoms with Gasteiger partial charge in [-0.05, 0) is 49.9 Å². The lowest BCUT2D eigenvalue weighted by atomic mass is 9.92. The van der Waals surface area contributed by atoms with Gasteiger partial charge in [0, 0.05) is 5.69 Å². The quantitative estimate of drug-likeness (QED) is 0.524. The van der Waals surface area contributed by atoms with Crippen LogP contribution in [0.1, 0.15) is 49.7 Å². The number of benzene rings is 1. The molecule has 0 radical (unpaired) electrons. The van der Waals surface area contributed by atoms with Gasteiger partial charge in [0.05, 0.1) is 11.8 Å². The maximum atomic E-state index is 12.4. The first-order valence-corrected chi connectivity index (χ1v) is 11.3. The van der Waals surface area contributed by atoms with Crippen LogP contribution in [0.25, 0.3) is 0 Å². The zero-order valence-electron chi connectivity index (χ0n) is 16.2. The van der Waals surface area contributed by atoms with Crippen molar-refractivity contribution in [3.8, 4) is 6.07 Å². The van der Waals surface area contributed by atoms with Gasteiger partial charge < -0.3 is 10.6 Å². The molecule has 1 aromatic heterocycles. The molecule has 0 aliphatic heterocycles. The van der Waals surface area contributed by atoms with Crippen molar-refractivity contribution in [1.82, 2.24) is 15.5 Å². The number of anilines is 2. The van der Waals surface area contributed by atoms with Crippen LogP contribution in [0, 0.1) is 25.2 Å². The van der Waals surface area contributed by atoms with Crippen molar-refractivity contribution in [2.75, 3.05) is 11.1 Å². The first-order chi connectivity index (χ1) is 13.5. The number of carbonyl (C=O) groups is 1. The molecular weight excluding hydrogens is 390 g/mol. The molecule has 0 unspecified atom stereocenters. The van der Waals surface area contributed by atoms with Crippen molar-refractivity contribution in [2.45, 2.75) is 62.3 Å². The number of carbonyl (C=O) groups excluding carboxylic acids is 1. The molecule has 1 fully saturated rings. The van der Waals surface area contributed by atoms with E-state index in [9.17, 15) is 10.1 Å². The Kier molecular flexibility index (Phi) is 6.92. The predicted molar refractivity (Wildman–Crippen MR) is 114 cm³/mol. The van der Waals surface area contributed by atoms with Gasteiger partial charge in [0.25, 0.3) is 0 Å². The first-order valence-electron chi connectivity index (χ1n) is 9.52. The average Bonchev–Trinajstić information content (AvgIpc) is 2.99. The van der Waals surface area contributed by atoms with E-state index < -0.39 is 5.54 Å². The fourth-order valence-electron chi connectivity index (χ4n) is 3.29. The number of hydrogen-bond donors (Lipinski definition) is 2. The van der Waals surface area contributed by atoms with Gasteiger partial charge in [0.2, 0.25) is 11.0 Å². The molecule has 0 atom stereocenters. The number of rotatable bonds is 6. The fourth-order valence-corrected chi connectivity index (χ4v) is 4.86. The summed E-state index contributed by atoms with van der Waals surface area (Å²) in [6.45, 7) is 4.15. The minimum absolute atomic E-state index is 0.118. The van der Waals surface area contributed by atoms with E-state index in [-0.39, 0.29) is 11.7 Å². The number of nitrogens with one attached hydrogen (secondary N) is 2. The van der Waals surface area contributed by atoms with Crippen molar-refractivity contribution >= 4 is 39.8 Å². The van der Waals surface area contributed by atoms with Gasteiger partial charge in [-0.25, -0.2) is 0 Å². The Morgan fingerprint density at radius 1 is 1.21 bits per heavy atom. The lowest BCUT2D eigenvalue weighted by Crippen LogP contribution is -2.47. The van der Waals surface area contributed by atoms with Crippen LogP contribution in [0.5, 0.6) is 0 Å². The maximum Gasteiger partial charge on any atom is 0.231 e.